The van der Waals surface area contributed by atoms with Crippen molar-refractivity contribution in [3.63, 3.8) is 0 Å². The maximum Gasteiger partial charge on any atom is 0.252 e. The Morgan fingerprint density at radius 1 is 1.03 bits per heavy atom. The number of amides is 1. The van der Waals surface area contributed by atoms with Crippen LogP contribution in [0.5, 0.6) is 0 Å². The van der Waals surface area contributed by atoms with Crippen LogP contribution >= 0.6 is 23.2 Å². The molecule has 30 heavy (non-hydrogen) atoms. The zero-order valence-electron chi connectivity index (χ0n) is 16.9. The third kappa shape index (κ3) is 3.48. The van der Waals surface area contributed by atoms with E-state index in [9.17, 15) is 4.79 Å². The summed E-state index contributed by atoms with van der Waals surface area (Å²) < 4.78 is 0. The second-order valence-corrected chi connectivity index (χ2v) is 9.52. The highest BCUT2D eigenvalue weighted by Gasteiger charge is 2.36. The quantitative estimate of drug-likeness (QED) is 0.486. The molecule has 3 aliphatic rings. The van der Waals surface area contributed by atoms with Gasteiger partial charge in [-0.2, -0.15) is 0 Å². The van der Waals surface area contributed by atoms with E-state index in [1.165, 1.54) is 25.7 Å². The Kier molecular flexibility index (Phi) is 5.20. The van der Waals surface area contributed by atoms with Gasteiger partial charge in [-0.3, -0.25) is 4.79 Å². The zero-order chi connectivity index (χ0) is 20.8. The topological polar surface area (TPSA) is 42.0 Å². The summed E-state index contributed by atoms with van der Waals surface area (Å²) in [6.45, 7) is 1.97. The van der Waals surface area contributed by atoms with Gasteiger partial charge < -0.3 is 5.32 Å². The van der Waals surface area contributed by atoms with Crippen LogP contribution in [0.2, 0.25) is 10.0 Å². The first kappa shape index (κ1) is 19.8. The van der Waals surface area contributed by atoms with Gasteiger partial charge in [0.1, 0.15) is 0 Å². The van der Waals surface area contributed by atoms with E-state index in [-0.39, 0.29) is 11.9 Å². The van der Waals surface area contributed by atoms with Crippen LogP contribution in [0.25, 0.3) is 22.2 Å². The second kappa shape index (κ2) is 7.86. The van der Waals surface area contributed by atoms with E-state index < -0.39 is 0 Å². The second-order valence-electron chi connectivity index (χ2n) is 8.71. The van der Waals surface area contributed by atoms with Crippen LogP contribution in [0.15, 0.2) is 42.5 Å². The average molecular weight is 439 g/mol. The lowest BCUT2D eigenvalue weighted by Gasteiger charge is -2.42. The van der Waals surface area contributed by atoms with Crippen LogP contribution in [-0.4, -0.2) is 16.9 Å². The van der Waals surface area contributed by atoms with Crippen molar-refractivity contribution in [2.24, 2.45) is 11.8 Å². The fourth-order valence-corrected chi connectivity index (χ4v) is 5.64. The Hall–Kier alpha value is -2.10. The average Bonchev–Trinajstić information content (AvgIpc) is 2.76. The van der Waals surface area contributed by atoms with Crippen molar-refractivity contribution in [1.82, 2.24) is 10.3 Å². The molecule has 0 aliphatic heterocycles. The fraction of sp³-hybridized carbons (Fsp3) is 0.360. The van der Waals surface area contributed by atoms with Gasteiger partial charge in [-0.25, -0.2) is 4.98 Å². The number of halogens is 2. The lowest BCUT2D eigenvalue weighted by Crippen LogP contribution is -2.47. The number of nitrogens with one attached hydrogen (secondary N) is 1. The molecule has 1 amide bonds. The molecule has 0 spiro atoms. The van der Waals surface area contributed by atoms with Crippen molar-refractivity contribution in [3.05, 3.63) is 63.6 Å². The predicted molar refractivity (Wildman–Crippen MR) is 123 cm³/mol. The number of aromatic nitrogens is 1. The van der Waals surface area contributed by atoms with Crippen LogP contribution in [-0.2, 0) is 0 Å². The van der Waals surface area contributed by atoms with Gasteiger partial charge in [0.25, 0.3) is 5.91 Å². The molecule has 3 nitrogen and oxygen atoms in total. The lowest BCUT2D eigenvalue weighted by molar-refractivity contribution is 0.0811. The number of nitrogens with zero attached hydrogens (tertiary/aromatic N) is 1. The smallest absolute Gasteiger partial charge is 0.252 e. The molecule has 2 bridgehead atoms. The molecular formula is C25H24Cl2N2O. The number of hydrogen-bond donors (Lipinski definition) is 1. The van der Waals surface area contributed by atoms with Gasteiger partial charge in [0.05, 0.1) is 26.8 Å². The molecule has 5 heteroatoms. The number of fused-ring (bicyclic) bond motifs is 4. The molecule has 1 aromatic heterocycles. The zero-order valence-corrected chi connectivity index (χ0v) is 18.4. The molecule has 2 aromatic carbocycles. The molecular weight excluding hydrogens is 415 g/mol. The van der Waals surface area contributed by atoms with Crippen LogP contribution < -0.4 is 5.32 Å². The van der Waals surface area contributed by atoms with Crippen LogP contribution in [0.1, 0.15) is 48.0 Å². The van der Waals surface area contributed by atoms with Crippen molar-refractivity contribution in [1.29, 1.82) is 0 Å². The maximum atomic E-state index is 13.6. The van der Waals surface area contributed by atoms with Gasteiger partial charge in [-0.1, -0.05) is 66.4 Å². The molecule has 0 radical (unpaired) electrons. The monoisotopic (exact) mass is 438 g/mol. The molecule has 3 fully saturated rings. The summed E-state index contributed by atoms with van der Waals surface area (Å²) in [5.41, 5.74) is 3.99. The predicted octanol–water partition coefficient (Wildman–Crippen LogP) is 6.83. The molecule has 3 aliphatic carbocycles. The third-order valence-electron chi connectivity index (χ3n) is 6.91. The highest BCUT2D eigenvalue weighted by Crippen LogP contribution is 2.41. The Labute approximate surface area is 186 Å². The molecule has 1 N–H and O–H groups in total. The van der Waals surface area contributed by atoms with E-state index in [1.807, 2.05) is 37.3 Å². The molecule has 6 rings (SSSR count). The van der Waals surface area contributed by atoms with E-state index in [0.29, 0.717) is 27.0 Å². The minimum Gasteiger partial charge on any atom is -0.349 e. The van der Waals surface area contributed by atoms with Crippen molar-refractivity contribution in [3.8, 4) is 11.3 Å². The van der Waals surface area contributed by atoms with E-state index in [2.05, 4.69) is 5.32 Å². The number of benzene rings is 2. The van der Waals surface area contributed by atoms with E-state index >= 15 is 0 Å². The molecule has 154 valence electrons. The van der Waals surface area contributed by atoms with Gasteiger partial charge >= 0.3 is 0 Å². The van der Waals surface area contributed by atoms with Crippen LogP contribution in [0.4, 0.5) is 0 Å². The van der Waals surface area contributed by atoms with Crippen molar-refractivity contribution in [2.75, 3.05) is 0 Å². The Balaban J connectivity index is 1.62. The minimum atomic E-state index is -0.0342. The van der Waals surface area contributed by atoms with Gasteiger partial charge in [0, 0.05) is 17.0 Å². The molecule has 1 unspecified atom stereocenters. The summed E-state index contributed by atoms with van der Waals surface area (Å²) in [4.78, 5) is 18.4. The van der Waals surface area contributed by atoms with Crippen molar-refractivity contribution < 1.29 is 4.79 Å². The first-order valence-corrected chi connectivity index (χ1v) is 11.4. The number of carbonyl (C=O) groups is 1. The van der Waals surface area contributed by atoms with Gasteiger partial charge in [0.15, 0.2) is 0 Å². The SMILES string of the molecule is Cc1c(-c2ccccc2)nc2cc(Cl)c(Cl)cc2c1C(=O)NC1CC2CCC1CC2. The minimum absolute atomic E-state index is 0.0342. The Morgan fingerprint density at radius 3 is 2.40 bits per heavy atom. The normalized spacial score (nSPS) is 23.0. The number of hydrogen-bond acceptors (Lipinski definition) is 2. The summed E-state index contributed by atoms with van der Waals surface area (Å²) in [7, 11) is 0. The van der Waals surface area contributed by atoms with E-state index in [1.54, 1.807) is 12.1 Å². The highest BCUT2D eigenvalue weighted by atomic mass is 35.5. The van der Waals surface area contributed by atoms with Crippen molar-refractivity contribution in [2.45, 2.75) is 45.1 Å². The Morgan fingerprint density at radius 2 is 1.73 bits per heavy atom. The Bertz CT molecular complexity index is 1120. The van der Waals surface area contributed by atoms with E-state index in [4.69, 9.17) is 28.2 Å². The summed E-state index contributed by atoms with van der Waals surface area (Å²) in [6.07, 6.45) is 6.16. The van der Waals surface area contributed by atoms with E-state index in [0.717, 1.165) is 34.5 Å². The number of carbonyl (C=O) groups excluding carboxylic acids is 1. The summed E-state index contributed by atoms with van der Waals surface area (Å²) in [5.74, 6) is 1.32. The summed E-state index contributed by atoms with van der Waals surface area (Å²) in [5, 5.41) is 4.99. The molecule has 0 saturated heterocycles. The molecule has 1 atom stereocenters. The fourth-order valence-electron chi connectivity index (χ4n) is 5.32. The van der Waals surface area contributed by atoms with Crippen molar-refractivity contribution >= 4 is 40.0 Å². The largest absolute Gasteiger partial charge is 0.349 e. The van der Waals surface area contributed by atoms with Crippen LogP contribution in [0, 0.1) is 18.8 Å². The molecule has 3 saturated carbocycles. The summed E-state index contributed by atoms with van der Waals surface area (Å²) in [6, 6.07) is 13.8. The van der Waals surface area contributed by atoms with Gasteiger partial charge in [-0.05, 0) is 55.7 Å². The number of pyridine rings is 1. The summed E-state index contributed by atoms with van der Waals surface area (Å²) >= 11 is 12.6. The first-order valence-electron chi connectivity index (χ1n) is 10.7. The standard InChI is InChI=1S/C25H24Cl2N2O/c1-14-23(25(30)29-21-11-15-7-9-16(21)10-8-15)18-12-19(26)20(27)13-22(18)28-24(14)17-5-3-2-4-6-17/h2-6,12-13,15-16,21H,7-11H2,1H3,(H,29,30). The highest BCUT2D eigenvalue weighted by molar-refractivity contribution is 6.43. The molecule has 3 aromatic rings. The van der Waals surface area contributed by atoms with Crippen LogP contribution in [0.3, 0.4) is 0 Å². The molecule has 1 heterocycles. The van der Waals surface area contributed by atoms with Gasteiger partial charge in [0.2, 0.25) is 0 Å². The third-order valence-corrected chi connectivity index (χ3v) is 7.63. The first-order chi connectivity index (χ1) is 14.5. The number of rotatable bonds is 3. The lowest BCUT2D eigenvalue weighted by atomic mass is 9.68. The maximum absolute atomic E-state index is 13.6. The van der Waals surface area contributed by atoms with Gasteiger partial charge in [-0.15, -0.1) is 0 Å².